The summed E-state index contributed by atoms with van der Waals surface area (Å²) in [5, 5.41) is 3.59. The lowest BCUT2D eigenvalue weighted by Gasteiger charge is -2.42. The molecule has 2 aliphatic rings. The van der Waals surface area contributed by atoms with Gasteiger partial charge in [0.15, 0.2) is 0 Å². The predicted molar refractivity (Wildman–Crippen MR) is 91.7 cm³/mol. The van der Waals surface area contributed by atoms with Crippen molar-refractivity contribution in [3.63, 3.8) is 0 Å². The maximum Gasteiger partial charge on any atom is 0.0117 e. The second kappa shape index (κ2) is 8.50. The van der Waals surface area contributed by atoms with Crippen LogP contribution in [0.25, 0.3) is 0 Å². The molecule has 3 heteroatoms. The van der Waals surface area contributed by atoms with Crippen molar-refractivity contribution >= 4 is 0 Å². The van der Waals surface area contributed by atoms with Crippen LogP contribution in [0.2, 0.25) is 0 Å². The fourth-order valence-corrected chi connectivity index (χ4v) is 4.51. The van der Waals surface area contributed by atoms with E-state index in [0.717, 1.165) is 23.9 Å². The van der Waals surface area contributed by atoms with Gasteiger partial charge in [0.05, 0.1) is 0 Å². The number of hydrogen-bond donors (Lipinski definition) is 1. The standard InChI is InChI=1S/C18H37N3/c1-5-15-7-8-18(19-3)16(13-15)14-20(4)17-9-11-21(6-2)12-10-17/h15-19H,5-14H2,1-4H3. The molecule has 0 aromatic heterocycles. The van der Waals surface area contributed by atoms with E-state index in [4.69, 9.17) is 0 Å². The SMILES string of the molecule is CCC1CCC(NC)C(CN(C)C2CCN(CC)CC2)C1. The molecule has 2 rings (SSSR count). The molecule has 1 aliphatic carbocycles. The van der Waals surface area contributed by atoms with Crippen LogP contribution in [0.5, 0.6) is 0 Å². The molecule has 2 fully saturated rings. The van der Waals surface area contributed by atoms with Gasteiger partial charge < -0.3 is 15.1 Å². The Labute approximate surface area is 132 Å². The molecule has 0 aromatic rings. The van der Waals surface area contributed by atoms with E-state index in [1.807, 2.05) is 0 Å². The van der Waals surface area contributed by atoms with E-state index in [9.17, 15) is 0 Å². The van der Waals surface area contributed by atoms with E-state index in [2.05, 4.69) is 43.1 Å². The van der Waals surface area contributed by atoms with Crippen molar-refractivity contribution in [2.45, 2.75) is 64.5 Å². The molecule has 3 nitrogen and oxygen atoms in total. The van der Waals surface area contributed by atoms with Gasteiger partial charge in [-0.15, -0.1) is 0 Å². The first-order chi connectivity index (χ1) is 10.2. The summed E-state index contributed by atoms with van der Waals surface area (Å²) in [5.74, 6) is 1.82. The first-order valence-electron chi connectivity index (χ1n) is 9.27. The minimum absolute atomic E-state index is 0.742. The summed E-state index contributed by atoms with van der Waals surface area (Å²) in [6.07, 6.45) is 8.32. The lowest BCUT2D eigenvalue weighted by molar-refractivity contribution is 0.0918. The minimum atomic E-state index is 0.742. The molecule has 0 amide bonds. The third-order valence-corrected chi connectivity index (χ3v) is 6.19. The largest absolute Gasteiger partial charge is 0.317 e. The van der Waals surface area contributed by atoms with Crippen molar-refractivity contribution in [3.05, 3.63) is 0 Å². The van der Waals surface area contributed by atoms with E-state index in [1.165, 1.54) is 64.7 Å². The second-order valence-corrected chi connectivity index (χ2v) is 7.35. The highest BCUT2D eigenvalue weighted by Crippen LogP contribution is 2.32. The molecule has 3 atom stereocenters. The molecule has 1 saturated carbocycles. The zero-order valence-electron chi connectivity index (χ0n) is 14.8. The van der Waals surface area contributed by atoms with E-state index in [-0.39, 0.29) is 0 Å². The van der Waals surface area contributed by atoms with Gasteiger partial charge >= 0.3 is 0 Å². The number of hydrogen-bond acceptors (Lipinski definition) is 3. The van der Waals surface area contributed by atoms with Crippen LogP contribution in [0.3, 0.4) is 0 Å². The molecular formula is C18H37N3. The van der Waals surface area contributed by atoms with Crippen LogP contribution in [0.15, 0.2) is 0 Å². The van der Waals surface area contributed by atoms with Crippen molar-refractivity contribution < 1.29 is 0 Å². The van der Waals surface area contributed by atoms with E-state index in [1.54, 1.807) is 0 Å². The Bertz CT molecular complexity index is 286. The van der Waals surface area contributed by atoms with Gasteiger partial charge in [0.2, 0.25) is 0 Å². The van der Waals surface area contributed by atoms with Crippen molar-refractivity contribution in [2.24, 2.45) is 11.8 Å². The van der Waals surface area contributed by atoms with E-state index in [0.29, 0.717) is 0 Å². The summed E-state index contributed by atoms with van der Waals surface area (Å²) in [4.78, 5) is 5.27. The predicted octanol–water partition coefficient (Wildman–Crippen LogP) is 2.82. The number of nitrogens with one attached hydrogen (secondary N) is 1. The molecule has 0 radical (unpaired) electrons. The summed E-state index contributed by atoms with van der Waals surface area (Å²) in [6.45, 7) is 9.75. The third kappa shape index (κ3) is 4.67. The molecule has 1 N–H and O–H groups in total. The molecule has 1 heterocycles. The summed E-state index contributed by atoms with van der Waals surface area (Å²) in [6, 6.07) is 1.55. The monoisotopic (exact) mass is 295 g/mol. The van der Waals surface area contributed by atoms with Crippen LogP contribution in [0.1, 0.15) is 52.4 Å². The minimum Gasteiger partial charge on any atom is -0.317 e. The third-order valence-electron chi connectivity index (χ3n) is 6.19. The average Bonchev–Trinajstić information content (AvgIpc) is 2.54. The Balaban J connectivity index is 1.83. The lowest BCUT2D eigenvalue weighted by Crippen LogP contribution is -2.48. The quantitative estimate of drug-likeness (QED) is 0.813. The lowest BCUT2D eigenvalue weighted by atomic mass is 9.76. The first kappa shape index (κ1) is 17.2. The van der Waals surface area contributed by atoms with Crippen LogP contribution in [-0.2, 0) is 0 Å². The fraction of sp³-hybridized carbons (Fsp3) is 1.00. The smallest absolute Gasteiger partial charge is 0.0117 e. The summed E-state index contributed by atoms with van der Waals surface area (Å²) in [5.41, 5.74) is 0. The number of nitrogens with zero attached hydrogens (tertiary/aromatic N) is 2. The zero-order chi connectivity index (χ0) is 15.2. The normalized spacial score (nSPS) is 32.7. The molecule has 1 saturated heterocycles. The van der Waals surface area contributed by atoms with Crippen LogP contribution < -0.4 is 5.32 Å². The molecule has 0 spiro atoms. The Morgan fingerprint density at radius 3 is 2.38 bits per heavy atom. The maximum atomic E-state index is 3.59. The van der Waals surface area contributed by atoms with Crippen LogP contribution in [-0.4, -0.2) is 62.2 Å². The van der Waals surface area contributed by atoms with Gasteiger partial charge in [-0.25, -0.2) is 0 Å². The van der Waals surface area contributed by atoms with Gasteiger partial charge in [-0.05, 0) is 77.7 Å². The summed E-state index contributed by atoms with van der Waals surface area (Å²) >= 11 is 0. The molecule has 21 heavy (non-hydrogen) atoms. The maximum absolute atomic E-state index is 3.59. The molecule has 3 unspecified atom stereocenters. The molecule has 1 aliphatic heterocycles. The number of piperidine rings is 1. The van der Waals surface area contributed by atoms with Gasteiger partial charge in [0.1, 0.15) is 0 Å². The van der Waals surface area contributed by atoms with Crippen molar-refractivity contribution in [1.82, 2.24) is 15.1 Å². The topological polar surface area (TPSA) is 18.5 Å². The van der Waals surface area contributed by atoms with Gasteiger partial charge in [-0.2, -0.15) is 0 Å². The van der Waals surface area contributed by atoms with Crippen molar-refractivity contribution in [3.8, 4) is 0 Å². The van der Waals surface area contributed by atoms with E-state index >= 15 is 0 Å². The second-order valence-electron chi connectivity index (χ2n) is 7.35. The Kier molecular flexibility index (Phi) is 6.97. The average molecular weight is 296 g/mol. The zero-order valence-corrected chi connectivity index (χ0v) is 14.8. The summed E-state index contributed by atoms with van der Waals surface area (Å²) < 4.78 is 0. The van der Waals surface area contributed by atoms with Gasteiger partial charge in [0, 0.05) is 18.6 Å². The number of likely N-dealkylation sites (tertiary alicyclic amines) is 1. The molecule has 0 bridgehead atoms. The van der Waals surface area contributed by atoms with Gasteiger partial charge in [-0.3, -0.25) is 0 Å². The highest BCUT2D eigenvalue weighted by Gasteiger charge is 2.31. The van der Waals surface area contributed by atoms with Gasteiger partial charge in [0.25, 0.3) is 0 Å². The van der Waals surface area contributed by atoms with Crippen LogP contribution in [0, 0.1) is 11.8 Å². The molecular weight excluding hydrogens is 258 g/mol. The van der Waals surface area contributed by atoms with Crippen LogP contribution >= 0.6 is 0 Å². The summed E-state index contributed by atoms with van der Waals surface area (Å²) in [7, 11) is 4.53. The first-order valence-corrected chi connectivity index (χ1v) is 9.27. The Morgan fingerprint density at radius 1 is 1.10 bits per heavy atom. The molecule has 0 aromatic carbocycles. The highest BCUT2D eigenvalue weighted by atomic mass is 15.2. The van der Waals surface area contributed by atoms with E-state index < -0.39 is 0 Å². The fourth-order valence-electron chi connectivity index (χ4n) is 4.51. The Morgan fingerprint density at radius 2 is 1.81 bits per heavy atom. The van der Waals surface area contributed by atoms with Gasteiger partial charge in [-0.1, -0.05) is 20.3 Å². The highest BCUT2D eigenvalue weighted by molar-refractivity contribution is 4.87. The number of rotatable bonds is 6. The van der Waals surface area contributed by atoms with Crippen molar-refractivity contribution in [2.75, 3.05) is 40.3 Å². The van der Waals surface area contributed by atoms with Crippen molar-refractivity contribution in [1.29, 1.82) is 0 Å². The van der Waals surface area contributed by atoms with Crippen LogP contribution in [0.4, 0.5) is 0 Å². The molecule has 124 valence electrons. The Hall–Kier alpha value is -0.120.